The number of carbonyl (C=O) groups excluding carboxylic acids is 1. The Hall–Kier alpha value is -3.85. The normalized spacial score (nSPS) is 21.5. The zero-order valence-electron chi connectivity index (χ0n) is 16.9. The number of para-hydroxylation sites is 1. The second-order valence-electron chi connectivity index (χ2n) is 8.10. The Kier molecular flexibility index (Phi) is 5.01. The summed E-state index contributed by atoms with van der Waals surface area (Å²) < 4.78 is 6.01. The maximum atomic E-state index is 12.8. The molecule has 6 heteroatoms. The van der Waals surface area contributed by atoms with Crippen LogP contribution in [0.4, 0.5) is 0 Å². The fourth-order valence-electron chi connectivity index (χ4n) is 4.66. The topological polar surface area (TPSA) is 78.3 Å². The third kappa shape index (κ3) is 3.82. The van der Waals surface area contributed by atoms with Crippen LogP contribution in [-0.4, -0.2) is 34.4 Å². The van der Waals surface area contributed by atoms with E-state index in [4.69, 9.17) is 4.74 Å². The van der Waals surface area contributed by atoms with E-state index in [1.807, 2.05) is 60.7 Å². The van der Waals surface area contributed by atoms with Gasteiger partial charge < -0.3 is 15.0 Å². The smallest absolute Gasteiger partial charge is 0.251 e. The lowest BCUT2D eigenvalue weighted by molar-refractivity contribution is 0.0912. The third-order valence-corrected chi connectivity index (χ3v) is 6.14. The van der Waals surface area contributed by atoms with E-state index in [9.17, 15) is 10.1 Å². The first-order chi connectivity index (χ1) is 15.2. The second kappa shape index (κ2) is 8.11. The number of pyridine rings is 1. The van der Waals surface area contributed by atoms with Gasteiger partial charge in [-0.2, -0.15) is 5.26 Å². The van der Waals surface area contributed by atoms with Crippen molar-refractivity contribution in [1.29, 1.82) is 5.26 Å². The number of nitrogens with one attached hydrogen (secondary N) is 1. The van der Waals surface area contributed by atoms with Crippen LogP contribution in [0, 0.1) is 17.4 Å². The maximum absolute atomic E-state index is 12.8. The summed E-state index contributed by atoms with van der Waals surface area (Å²) in [5.41, 5.74) is 2.46. The zero-order chi connectivity index (χ0) is 21.2. The lowest BCUT2D eigenvalue weighted by Gasteiger charge is -2.29. The number of rotatable bonds is 5. The average molecular weight is 410 g/mol. The molecule has 2 aliphatic rings. The Labute approximate surface area is 181 Å². The first-order valence-electron chi connectivity index (χ1n) is 10.5. The summed E-state index contributed by atoms with van der Waals surface area (Å²) in [6.45, 7) is 0.821. The number of likely N-dealkylation sites (tertiary alicyclic amines) is 1. The molecule has 1 saturated carbocycles. The van der Waals surface area contributed by atoms with E-state index < -0.39 is 0 Å². The number of amides is 1. The molecular weight excluding hydrogens is 388 g/mol. The fourth-order valence-corrected chi connectivity index (χ4v) is 4.66. The fraction of sp³-hybridized carbons (Fsp3) is 0.240. The molecule has 1 aromatic heterocycles. The monoisotopic (exact) mass is 410 g/mol. The Bertz CT molecular complexity index is 1120. The van der Waals surface area contributed by atoms with Gasteiger partial charge in [-0.25, -0.2) is 0 Å². The van der Waals surface area contributed by atoms with Crippen LogP contribution in [-0.2, 0) is 0 Å². The van der Waals surface area contributed by atoms with Crippen molar-refractivity contribution in [3.8, 4) is 28.8 Å². The summed E-state index contributed by atoms with van der Waals surface area (Å²) in [6, 6.07) is 19.1. The number of aromatic nitrogens is 1. The van der Waals surface area contributed by atoms with Crippen LogP contribution >= 0.6 is 0 Å². The molecule has 1 saturated heterocycles. The van der Waals surface area contributed by atoms with Crippen LogP contribution in [0.25, 0.3) is 11.1 Å². The van der Waals surface area contributed by atoms with Crippen LogP contribution in [0.5, 0.6) is 11.5 Å². The highest BCUT2D eigenvalue weighted by Crippen LogP contribution is 2.37. The van der Waals surface area contributed by atoms with Crippen molar-refractivity contribution >= 4 is 5.91 Å². The van der Waals surface area contributed by atoms with Gasteiger partial charge in [0.05, 0.1) is 18.3 Å². The van der Waals surface area contributed by atoms with E-state index in [0.717, 1.165) is 36.3 Å². The summed E-state index contributed by atoms with van der Waals surface area (Å²) >= 11 is 0. The number of carbonyl (C=O) groups is 1. The van der Waals surface area contributed by atoms with Crippen molar-refractivity contribution in [1.82, 2.24) is 15.2 Å². The SMILES string of the molecule is N#CN1CC2CC(NC(=O)c3ccc(-c4ccncc4Oc4ccccc4)cc3)C1C2. The van der Waals surface area contributed by atoms with E-state index in [-0.39, 0.29) is 18.0 Å². The van der Waals surface area contributed by atoms with Gasteiger partial charge in [-0.05, 0) is 54.7 Å². The Balaban J connectivity index is 1.31. The van der Waals surface area contributed by atoms with Crippen LogP contribution in [0.2, 0.25) is 0 Å². The van der Waals surface area contributed by atoms with Crippen molar-refractivity contribution in [2.75, 3.05) is 6.54 Å². The second-order valence-corrected chi connectivity index (χ2v) is 8.10. The number of ether oxygens (including phenoxy) is 1. The quantitative estimate of drug-likeness (QED) is 0.638. The summed E-state index contributed by atoms with van der Waals surface area (Å²) in [4.78, 5) is 18.8. The molecule has 3 atom stereocenters. The Morgan fingerprint density at radius 3 is 2.65 bits per heavy atom. The lowest BCUT2D eigenvalue weighted by Crippen LogP contribution is -2.48. The van der Waals surface area contributed by atoms with Crippen LogP contribution in [0.15, 0.2) is 73.1 Å². The molecule has 2 fully saturated rings. The highest BCUT2D eigenvalue weighted by molar-refractivity contribution is 5.95. The van der Waals surface area contributed by atoms with Crippen molar-refractivity contribution in [2.24, 2.45) is 5.92 Å². The van der Waals surface area contributed by atoms with Crippen molar-refractivity contribution in [3.63, 3.8) is 0 Å². The number of fused-ring (bicyclic) bond motifs is 2. The molecule has 154 valence electrons. The molecule has 6 nitrogen and oxygen atoms in total. The number of piperidine rings is 1. The average Bonchev–Trinajstić information content (AvgIpc) is 3.40. The number of nitriles is 1. The van der Waals surface area contributed by atoms with Crippen molar-refractivity contribution in [3.05, 3.63) is 78.6 Å². The third-order valence-electron chi connectivity index (χ3n) is 6.14. The number of benzene rings is 2. The van der Waals surface area contributed by atoms with E-state index in [1.165, 1.54) is 0 Å². The van der Waals surface area contributed by atoms with Gasteiger partial charge in [0.15, 0.2) is 11.9 Å². The minimum atomic E-state index is -0.0996. The number of hydrogen-bond acceptors (Lipinski definition) is 5. The number of nitrogens with zero attached hydrogens (tertiary/aromatic N) is 3. The zero-order valence-corrected chi connectivity index (χ0v) is 16.9. The maximum Gasteiger partial charge on any atom is 0.251 e. The molecule has 1 aliphatic heterocycles. The van der Waals surface area contributed by atoms with Gasteiger partial charge in [0.25, 0.3) is 5.91 Å². The molecule has 31 heavy (non-hydrogen) atoms. The van der Waals surface area contributed by atoms with Crippen molar-refractivity contribution < 1.29 is 9.53 Å². The molecular formula is C25H22N4O2. The minimum Gasteiger partial charge on any atom is -0.455 e. The van der Waals surface area contributed by atoms with Crippen LogP contribution in [0.1, 0.15) is 23.2 Å². The predicted octanol–water partition coefficient (Wildman–Crippen LogP) is 4.21. The largest absolute Gasteiger partial charge is 0.455 e. The summed E-state index contributed by atoms with van der Waals surface area (Å²) in [6.07, 6.45) is 7.61. The molecule has 3 aromatic rings. The van der Waals surface area contributed by atoms with Crippen molar-refractivity contribution in [2.45, 2.75) is 24.9 Å². The predicted molar refractivity (Wildman–Crippen MR) is 116 cm³/mol. The standard InChI is InChI=1S/C25H22N4O2/c26-16-29-15-17-12-22(23(29)13-17)28-25(30)19-8-6-18(7-9-19)21-10-11-27-14-24(21)31-20-4-2-1-3-5-20/h1-11,14,17,22-23H,12-13,15H2,(H,28,30). The van der Waals surface area contributed by atoms with E-state index in [2.05, 4.69) is 16.5 Å². The van der Waals surface area contributed by atoms with Gasteiger partial charge in [0.1, 0.15) is 5.75 Å². The van der Waals surface area contributed by atoms with Gasteiger partial charge >= 0.3 is 0 Å². The Morgan fingerprint density at radius 1 is 1.10 bits per heavy atom. The molecule has 0 radical (unpaired) electrons. The first kappa shape index (κ1) is 19.1. The summed E-state index contributed by atoms with van der Waals surface area (Å²) in [5.74, 6) is 1.80. The van der Waals surface area contributed by atoms with Crippen LogP contribution < -0.4 is 10.1 Å². The number of hydrogen-bond donors (Lipinski definition) is 1. The van der Waals surface area contributed by atoms with Gasteiger partial charge in [-0.3, -0.25) is 9.78 Å². The van der Waals surface area contributed by atoms with Gasteiger partial charge in [-0.1, -0.05) is 30.3 Å². The lowest BCUT2D eigenvalue weighted by atomic mass is 10.0. The van der Waals surface area contributed by atoms with E-state index in [0.29, 0.717) is 17.2 Å². The van der Waals surface area contributed by atoms with Crippen LogP contribution in [0.3, 0.4) is 0 Å². The van der Waals surface area contributed by atoms with E-state index >= 15 is 0 Å². The molecule has 2 aromatic carbocycles. The highest BCUT2D eigenvalue weighted by atomic mass is 16.5. The summed E-state index contributed by atoms with van der Waals surface area (Å²) in [7, 11) is 0. The van der Waals surface area contributed by atoms with Gasteiger partial charge in [-0.15, -0.1) is 0 Å². The Morgan fingerprint density at radius 2 is 1.90 bits per heavy atom. The van der Waals surface area contributed by atoms with Gasteiger partial charge in [0, 0.05) is 23.9 Å². The molecule has 3 unspecified atom stereocenters. The van der Waals surface area contributed by atoms with Gasteiger partial charge in [0.2, 0.25) is 0 Å². The molecule has 2 bridgehead atoms. The molecule has 1 N–H and O–H groups in total. The molecule has 5 rings (SSSR count). The first-order valence-corrected chi connectivity index (χ1v) is 10.5. The molecule has 1 amide bonds. The minimum absolute atomic E-state index is 0.0386. The summed E-state index contributed by atoms with van der Waals surface area (Å²) in [5, 5.41) is 12.4. The molecule has 2 heterocycles. The molecule has 0 spiro atoms. The highest BCUT2D eigenvalue weighted by Gasteiger charge is 2.45. The van der Waals surface area contributed by atoms with E-state index in [1.54, 1.807) is 17.3 Å². The molecule has 1 aliphatic carbocycles.